The first-order chi connectivity index (χ1) is 9.79. The van der Waals surface area contributed by atoms with Crippen LogP contribution in [0.1, 0.15) is 29.8 Å². The largest absolute Gasteiger partial charge is 0.451 e. The van der Waals surface area contributed by atoms with Gasteiger partial charge in [0.05, 0.1) is 0 Å². The monoisotopic (exact) mass is 306 g/mol. The number of amides is 1. The molecule has 4 nitrogen and oxygen atoms in total. The van der Waals surface area contributed by atoms with Crippen molar-refractivity contribution in [2.75, 3.05) is 13.1 Å². The van der Waals surface area contributed by atoms with Crippen LogP contribution >= 0.6 is 12.4 Å². The number of nitrogens with one attached hydrogen (secondary N) is 1. The zero-order valence-electron chi connectivity index (χ0n) is 11.7. The van der Waals surface area contributed by atoms with Crippen molar-refractivity contribution in [3.63, 3.8) is 0 Å². The van der Waals surface area contributed by atoms with Gasteiger partial charge in [0.2, 0.25) is 0 Å². The maximum absolute atomic E-state index is 12.6. The molecule has 3 heterocycles. The fraction of sp³-hybridized carbons (Fsp3) is 0.438. The zero-order valence-corrected chi connectivity index (χ0v) is 12.6. The van der Waals surface area contributed by atoms with Crippen molar-refractivity contribution < 1.29 is 9.21 Å². The molecule has 0 aliphatic carbocycles. The van der Waals surface area contributed by atoms with Crippen LogP contribution < -0.4 is 5.32 Å². The van der Waals surface area contributed by atoms with Crippen LogP contribution in [0.25, 0.3) is 11.0 Å². The number of nitrogens with zero attached hydrogens (tertiary/aromatic N) is 1. The summed E-state index contributed by atoms with van der Waals surface area (Å²) >= 11 is 0. The molecule has 2 fully saturated rings. The quantitative estimate of drug-likeness (QED) is 0.881. The smallest absolute Gasteiger partial charge is 0.289 e. The number of hydrogen-bond donors (Lipinski definition) is 1. The van der Waals surface area contributed by atoms with E-state index < -0.39 is 0 Å². The molecule has 112 valence electrons. The number of likely N-dealkylation sites (tertiary alicyclic amines) is 1. The molecular formula is C16H19ClN2O2. The van der Waals surface area contributed by atoms with E-state index in [1.54, 1.807) is 0 Å². The number of furan rings is 1. The van der Waals surface area contributed by atoms with Gasteiger partial charge >= 0.3 is 0 Å². The van der Waals surface area contributed by atoms with Gasteiger partial charge in [-0.05, 0) is 31.4 Å². The van der Waals surface area contributed by atoms with Crippen molar-refractivity contribution >= 4 is 29.3 Å². The fourth-order valence-corrected chi connectivity index (χ4v) is 3.37. The number of halogens is 1. The van der Waals surface area contributed by atoms with E-state index in [1.807, 2.05) is 35.2 Å². The molecular weight excluding hydrogens is 288 g/mol. The summed E-state index contributed by atoms with van der Waals surface area (Å²) in [5.41, 5.74) is 0.783. The molecule has 1 aromatic carbocycles. The number of rotatable bonds is 1. The lowest BCUT2D eigenvalue weighted by atomic mass is 10.1. The molecule has 1 N–H and O–H groups in total. The summed E-state index contributed by atoms with van der Waals surface area (Å²) in [5.74, 6) is 0.486. The van der Waals surface area contributed by atoms with Crippen molar-refractivity contribution in [2.45, 2.75) is 31.3 Å². The lowest BCUT2D eigenvalue weighted by Gasteiger charge is -2.23. The SMILES string of the molecule is Cl.O=C(c1cc2ccccc2o1)N1CCC2CCC(C1)N2. The van der Waals surface area contributed by atoms with Crippen LogP contribution in [0, 0.1) is 0 Å². The molecule has 0 radical (unpaired) electrons. The van der Waals surface area contributed by atoms with Crippen molar-refractivity contribution in [1.82, 2.24) is 10.2 Å². The Bertz CT molecular complexity index is 622. The number of fused-ring (bicyclic) bond motifs is 3. The Kier molecular flexibility index (Phi) is 3.91. The average molecular weight is 307 g/mol. The molecule has 2 unspecified atom stereocenters. The Labute approximate surface area is 129 Å². The number of benzene rings is 1. The first-order valence-corrected chi connectivity index (χ1v) is 7.33. The second-order valence-electron chi connectivity index (χ2n) is 5.83. The van der Waals surface area contributed by atoms with E-state index in [9.17, 15) is 4.79 Å². The van der Waals surface area contributed by atoms with E-state index in [4.69, 9.17) is 4.42 Å². The molecule has 2 aliphatic rings. The summed E-state index contributed by atoms with van der Waals surface area (Å²) in [4.78, 5) is 14.5. The number of hydrogen-bond acceptors (Lipinski definition) is 3. The van der Waals surface area contributed by atoms with Crippen LogP contribution in [0.15, 0.2) is 34.7 Å². The molecule has 2 aliphatic heterocycles. The Morgan fingerprint density at radius 1 is 1.19 bits per heavy atom. The van der Waals surface area contributed by atoms with Gasteiger partial charge in [-0.25, -0.2) is 0 Å². The van der Waals surface area contributed by atoms with Gasteiger partial charge in [0.25, 0.3) is 5.91 Å². The average Bonchev–Trinajstić information content (AvgIpc) is 3.01. The zero-order chi connectivity index (χ0) is 13.5. The highest BCUT2D eigenvalue weighted by atomic mass is 35.5. The Hall–Kier alpha value is -1.52. The van der Waals surface area contributed by atoms with Crippen molar-refractivity contribution in [3.05, 3.63) is 36.1 Å². The summed E-state index contributed by atoms with van der Waals surface area (Å²) in [7, 11) is 0. The highest BCUT2D eigenvalue weighted by Crippen LogP contribution is 2.24. The number of carbonyl (C=O) groups is 1. The highest BCUT2D eigenvalue weighted by Gasteiger charge is 2.32. The second-order valence-corrected chi connectivity index (χ2v) is 5.83. The molecule has 2 saturated heterocycles. The molecule has 0 saturated carbocycles. The minimum atomic E-state index is 0. The van der Waals surface area contributed by atoms with Gasteiger partial charge in [0, 0.05) is 30.6 Å². The Morgan fingerprint density at radius 3 is 2.86 bits per heavy atom. The summed E-state index contributed by atoms with van der Waals surface area (Å²) in [6, 6.07) is 10.7. The molecule has 1 aromatic heterocycles. The van der Waals surface area contributed by atoms with E-state index in [2.05, 4.69) is 5.32 Å². The number of para-hydroxylation sites is 1. The molecule has 2 atom stereocenters. The summed E-state index contributed by atoms with van der Waals surface area (Å²) in [6.07, 6.45) is 3.47. The minimum Gasteiger partial charge on any atom is -0.451 e. The second kappa shape index (κ2) is 5.70. The van der Waals surface area contributed by atoms with Crippen LogP contribution in [0.3, 0.4) is 0 Å². The first kappa shape index (κ1) is 14.4. The summed E-state index contributed by atoms with van der Waals surface area (Å²) < 4.78 is 5.69. The summed E-state index contributed by atoms with van der Waals surface area (Å²) in [6.45, 7) is 1.62. The lowest BCUT2D eigenvalue weighted by molar-refractivity contribution is 0.0718. The van der Waals surface area contributed by atoms with Crippen molar-refractivity contribution in [2.24, 2.45) is 0 Å². The minimum absolute atomic E-state index is 0. The molecule has 5 heteroatoms. The molecule has 2 bridgehead atoms. The van der Waals surface area contributed by atoms with Crippen LogP contribution in [0.5, 0.6) is 0 Å². The van der Waals surface area contributed by atoms with Crippen LogP contribution in [0.4, 0.5) is 0 Å². The van der Waals surface area contributed by atoms with Gasteiger partial charge in [-0.1, -0.05) is 18.2 Å². The predicted molar refractivity (Wildman–Crippen MR) is 83.9 cm³/mol. The van der Waals surface area contributed by atoms with E-state index in [0.717, 1.165) is 30.5 Å². The summed E-state index contributed by atoms with van der Waals surface area (Å²) in [5, 5.41) is 4.58. The Morgan fingerprint density at radius 2 is 2.00 bits per heavy atom. The van der Waals surface area contributed by atoms with Crippen molar-refractivity contribution in [3.8, 4) is 0 Å². The van der Waals surface area contributed by atoms with Gasteiger partial charge < -0.3 is 14.6 Å². The third kappa shape index (κ3) is 2.65. The van der Waals surface area contributed by atoms with Gasteiger partial charge in [-0.15, -0.1) is 12.4 Å². The van der Waals surface area contributed by atoms with Crippen LogP contribution in [-0.4, -0.2) is 36.0 Å². The van der Waals surface area contributed by atoms with Crippen LogP contribution in [0.2, 0.25) is 0 Å². The van der Waals surface area contributed by atoms with Crippen molar-refractivity contribution in [1.29, 1.82) is 0 Å². The van der Waals surface area contributed by atoms with Crippen LogP contribution in [-0.2, 0) is 0 Å². The fourth-order valence-electron chi connectivity index (χ4n) is 3.37. The van der Waals surface area contributed by atoms with E-state index in [-0.39, 0.29) is 18.3 Å². The van der Waals surface area contributed by atoms with Gasteiger partial charge in [0.15, 0.2) is 5.76 Å². The van der Waals surface area contributed by atoms with Gasteiger partial charge in [0.1, 0.15) is 5.58 Å². The normalized spacial score (nSPS) is 24.7. The van der Waals surface area contributed by atoms with E-state index in [0.29, 0.717) is 17.8 Å². The third-order valence-electron chi connectivity index (χ3n) is 4.45. The standard InChI is InChI=1S/C16H18N2O2.ClH/c19-16(15-9-11-3-1-2-4-14(11)20-15)18-8-7-12-5-6-13(10-18)17-12;/h1-4,9,12-13,17H,5-8,10H2;1H. The van der Waals surface area contributed by atoms with Gasteiger partial charge in [-0.3, -0.25) is 4.79 Å². The lowest BCUT2D eigenvalue weighted by Crippen LogP contribution is -2.38. The third-order valence-corrected chi connectivity index (χ3v) is 4.45. The predicted octanol–water partition coefficient (Wildman–Crippen LogP) is 2.82. The number of carbonyl (C=O) groups excluding carboxylic acids is 1. The first-order valence-electron chi connectivity index (χ1n) is 7.33. The highest BCUT2D eigenvalue weighted by molar-refractivity contribution is 5.96. The molecule has 4 rings (SSSR count). The Balaban J connectivity index is 0.00000132. The van der Waals surface area contributed by atoms with E-state index >= 15 is 0 Å². The maximum atomic E-state index is 12.6. The molecule has 0 spiro atoms. The topological polar surface area (TPSA) is 45.5 Å². The van der Waals surface area contributed by atoms with E-state index in [1.165, 1.54) is 12.8 Å². The maximum Gasteiger partial charge on any atom is 0.289 e. The van der Waals surface area contributed by atoms with Gasteiger partial charge in [-0.2, -0.15) is 0 Å². The molecule has 2 aromatic rings. The molecule has 1 amide bonds. The molecule has 21 heavy (non-hydrogen) atoms.